The Hall–Kier alpha value is -4.25. The van der Waals surface area contributed by atoms with Crippen molar-refractivity contribution in [3.05, 3.63) is 76.9 Å². The van der Waals surface area contributed by atoms with Crippen molar-refractivity contribution in [2.45, 2.75) is 50.5 Å². The van der Waals surface area contributed by atoms with E-state index in [2.05, 4.69) is 4.72 Å². The number of nitrogens with one attached hydrogen (secondary N) is 1. The third-order valence-electron chi connectivity index (χ3n) is 6.56. The standard InChI is InChI=1S/C30H33NO9S/c1-6-7-20-14-21(30(33)37-5)10-13-24(20)40-27(22-15-25(36-4)28-26(16-22)38-17-39-28)29(32)31-41(34,35)23-11-8-19(9-12-23)18(2)3/h8-16,18,27H,6-7,17H2,1-5H3,(H,31,32). The molecule has 10 nitrogen and oxygen atoms in total. The Morgan fingerprint density at radius 3 is 2.32 bits per heavy atom. The number of sulfonamides is 1. The number of hydrogen-bond donors (Lipinski definition) is 1. The van der Waals surface area contributed by atoms with Gasteiger partial charge in [0, 0.05) is 5.56 Å². The van der Waals surface area contributed by atoms with Crippen LogP contribution in [0.2, 0.25) is 0 Å². The number of hydrogen-bond acceptors (Lipinski definition) is 9. The van der Waals surface area contributed by atoms with Crippen LogP contribution in [0.15, 0.2) is 59.5 Å². The number of fused-ring (bicyclic) bond motifs is 1. The topological polar surface area (TPSA) is 126 Å². The maximum absolute atomic E-state index is 13.7. The number of rotatable bonds is 11. The molecule has 1 heterocycles. The lowest BCUT2D eigenvalue weighted by atomic mass is 10.0. The molecule has 1 atom stereocenters. The van der Waals surface area contributed by atoms with Crippen LogP contribution in [0.25, 0.3) is 0 Å². The number of aryl methyl sites for hydroxylation is 1. The maximum atomic E-state index is 13.7. The van der Waals surface area contributed by atoms with Gasteiger partial charge in [-0.1, -0.05) is 39.3 Å². The number of esters is 1. The summed E-state index contributed by atoms with van der Waals surface area (Å²) in [5.41, 5.74) is 2.20. The zero-order valence-corrected chi connectivity index (χ0v) is 24.4. The fraction of sp³-hybridized carbons (Fsp3) is 0.333. The molecule has 1 aliphatic heterocycles. The SMILES string of the molecule is CCCc1cc(C(=O)OC)ccc1OC(C(=O)NS(=O)(=O)c1ccc(C(C)C)cc1)c1cc(OC)c2c(c1)OCO2. The summed E-state index contributed by atoms with van der Waals surface area (Å²) >= 11 is 0. The Morgan fingerprint density at radius 2 is 1.68 bits per heavy atom. The maximum Gasteiger partial charge on any atom is 0.337 e. The van der Waals surface area contributed by atoms with Crippen LogP contribution in [0.3, 0.4) is 0 Å². The lowest BCUT2D eigenvalue weighted by Crippen LogP contribution is -2.37. The normalized spacial score (nSPS) is 13.0. The molecular weight excluding hydrogens is 550 g/mol. The molecule has 0 bridgehead atoms. The minimum Gasteiger partial charge on any atom is -0.493 e. The molecule has 3 aromatic carbocycles. The number of carbonyl (C=O) groups excluding carboxylic acids is 2. The minimum absolute atomic E-state index is 0.0384. The third-order valence-corrected chi connectivity index (χ3v) is 7.92. The molecule has 0 saturated heterocycles. The Kier molecular flexibility index (Phi) is 9.07. The van der Waals surface area contributed by atoms with Crippen molar-refractivity contribution < 1.29 is 41.7 Å². The second-order valence-electron chi connectivity index (χ2n) is 9.71. The van der Waals surface area contributed by atoms with Gasteiger partial charge in [0.25, 0.3) is 15.9 Å². The lowest BCUT2D eigenvalue weighted by molar-refractivity contribution is -0.126. The summed E-state index contributed by atoms with van der Waals surface area (Å²) in [6.07, 6.45) is -0.196. The average Bonchev–Trinajstić information content (AvgIpc) is 3.44. The highest BCUT2D eigenvalue weighted by atomic mass is 32.2. The first-order valence-corrected chi connectivity index (χ1v) is 14.6. The van der Waals surface area contributed by atoms with E-state index >= 15 is 0 Å². The molecule has 1 unspecified atom stereocenters. The van der Waals surface area contributed by atoms with Crippen molar-refractivity contribution in [3.63, 3.8) is 0 Å². The molecule has 11 heteroatoms. The molecular formula is C30H33NO9S. The molecule has 41 heavy (non-hydrogen) atoms. The fourth-order valence-electron chi connectivity index (χ4n) is 4.38. The van der Waals surface area contributed by atoms with Crippen molar-refractivity contribution in [2.24, 2.45) is 0 Å². The van der Waals surface area contributed by atoms with E-state index in [1.807, 2.05) is 20.8 Å². The minimum atomic E-state index is -4.24. The second kappa shape index (κ2) is 12.5. The van der Waals surface area contributed by atoms with Gasteiger partial charge in [0.1, 0.15) is 5.75 Å². The summed E-state index contributed by atoms with van der Waals surface area (Å²) in [7, 11) is -1.52. The summed E-state index contributed by atoms with van der Waals surface area (Å²) < 4.78 is 56.1. The van der Waals surface area contributed by atoms with Crippen LogP contribution in [-0.2, 0) is 26.0 Å². The van der Waals surface area contributed by atoms with E-state index < -0.39 is 28.0 Å². The largest absolute Gasteiger partial charge is 0.493 e. The zero-order valence-electron chi connectivity index (χ0n) is 23.6. The van der Waals surface area contributed by atoms with Gasteiger partial charge in [-0.3, -0.25) is 4.79 Å². The van der Waals surface area contributed by atoms with Crippen LogP contribution in [0.5, 0.6) is 23.0 Å². The van der Waals surface area contributed by atoms with E-state index in [4.69, 9.17) is 23.7 Å². The van der Waals surface area contributed by atoms with Gasteiger partial charge >= 0.3 is 5.97 Å². The van der Waals surface area contributed by atoms with Gasteiger partial charge in [-0.25, -0.2) is 17.9 Å². The average molecular weight is 584 g/mol. The smallest absolute Gasteiger partial charge is 0.337 e. The predicted molar refractivity (Wildman–Crippen MR) is 150 cm³/mol. The summed E-state index contributed by atoms with van der Waals surface area (Å²) in [6, 6.07) is 14.1. The first kappa shape index (κ1) is 29.7. The Bertz CT molecular complexity index is 1530. The van der Waals surface area contributed by atoms with Gasteiger partial charge < -0.3 is 23.7 Å². The molecule has 0 spiro atoms. The quantitative estimate of drug-likeness (QED) is 0.313. The van der Waals surface area contributed by atoms with E-state index in [1.54, 1.807) is 30.3 Å². The van der Waals surface area contributed by atoms with Crippen LogP contribution in [0.4, 0.5) is 0 Å². The molecule has 0 saturated carbocycles. The number of ether oxygens (including phenoxy) is 5. The molecule has 1 aliphatic rings. The van der Waals surface area contributed by atoms with Crippen LogP contribution < -0.4 is 23.7 Å². The van der Waals surface area contributed by atoms with Crippen molar-refractivity contribution >= 4 is 21.9 Å². The van der Waals surface area contributed by atoms with Gasteiger partial charge in [0.15, 0.2) is 11.5 Å². The first-order valence-electron chi connectivity index (χ1n) is 13.1. The molecule has 1 N–H and O–H groups in total. The highest BCUT2D eigenvalue weighted by molar-refractivity contribution is 7.90. The summed E-state index contributed by atoms with van der Waals surface area (Å²) in [5.74, 6) is 0.0398. The highest BCUT2D eigenvalue weighted by Crippen LogP contribution is 2.44. The number of methoxy groups -OCH3 is 2. The second-order valence-corrected chi connectivity index (χ2v) is 11.4. The van der Waals surface area contributed by atoms with E-state index in [0.717, 1.165) is 12.0 Å². The van der Waals surface area contributed by atoms with Crippen LogP contribution in [0, 0.1) is 0 Å². The molecule has 0 fully saturated rings. The van der Waals surface area contributed by atoms with Gasteiger partial charge in [-0.15, -0.1) is 0 Å². The molecule has 218 valence electrons. The fourth-order valence-corrected chi connectivity index (χ4v) is 5.37. The Balaban J connectivity index is 1.74. The van der Waals surface area contributed by atoms with Crippen LogP contribution in [0.1, 0.15) is 66.3 Å². The van der Waals surface area contributed by atoms with Crippen LogP contribution in [-0.4, -0.2) is 41.3 Å². The Morgan fingerprint density at radius 1 is 0.951 bits per heavy atom. The van der Waals surface area contributed by atoms with Gasteiger partial charge in [-0.2, -0.15) is 0 Å². The third kappa shape index (κ3) is 6.57. The number of benzene rings is 3. The van der Waals surface area contributed by atoms with Gasteiger partial charge in [-0.05, 0) is 65.9 Å². The number of carbonyl (C=O) groups is 2. The van der Waals surface area contributed by atoms with Crippen molar-refractivity contribution in [1.82, 2.24) is 4.72 Å². The van der Waals surface area contributed by atoms with Crippen molar-refractivity contribution in [2.75, 3.05) is 21.0 Å². The lowest BCUT2D eigenvalue weighted by Gasteiger charge is -2.22. The molecule has 3 aromatic rings. The molecule has 0 radical (unpaired) electrons. The van der Waals surface area contributed by atoms with E-state index in [9.17, 15) is 18.0 Å². The van der Waals surface area contributed by atoms with E-state index in [0.29, 0.717) is 40.5 Å². The van der Waals surface area contributed by atoms with E-state index in [1.165, 1.54) is 38.5 Å². The Labute approximate surface area is 239 Å². The van der Waals surface area contributed by atoms with Gasteiger partial charge in [0.2, 0.25) is 18.6 Å². The summed E-state index contributed by atoms with van der Waals surface area (Å²) in [4.78, 5) is 25.8. The first-order chi connectivity index (χ1) is 19.6. The monoisotopic (exact) mass is 583 g/mol. The molecule has 0 aromatic heterocycles. The predicted octanol–water partition coefficient (Wildman–Crippen LogP) is 4.91. The molecule has 1 amide bonds. The van der Waals surface area contributed by atoms with Crippen molar-refractivity contribution in [3.8, 4) is 23.0 Å². The number of amides is 1. The summed E-state index contributed by atoms with van der Waals surface area (Å²) in [6.45, 7) is 5.91. The summed E-state index contributed by atoms with van der Waals surface area (Å²) in [5, 5.41) is 0. The van der Waals surface area contributed by atoms with Crippen molar-refractivity contribution in [1.29, 1.82) is 0 Å². The molecule has 0 aliphatic carbocycles. The van der Waals surface area contributed by atoms with Crippen LogP contribution >= 0.6 is 0 Å². The highest BCUT2D eigenvalue weighted by Gasteiger charge is 2.32. The molecule has 4 rings (SSSR count). The zero-order chi connectivity index (χ0) is 29.7. The van der Waals surface area contributed by atoms with Gasteiger partial charge in [0.05, 0.1) is 24.7 Å². The van der Waals surface area contributed by atoms with E-state index in [-0.39, 0.29) is 23.2 Å².